The van der Waals surface area contributed by atoms with E-state index in [1.165, 1.54) is 18.1 Å². The highest BCUT2D eigenvalue weighted by Crippen LogP contribution is 2.23. The number of hydrogen-bond donors (Lipinski definition) is 0. The smallest absolute Gasteiger partial charge is 0.191 e. The molecule has 0 rings (SSSR count). The van der Waals surface area contributed by atoms with Gasteiger partial charge in [0.05, 0.1) is 5.60 Å². The van der Waals surface area contributed by atoms with Gasteiger partial charge in [0.1, 0.15) is 0 Å². The molecule has 0 unspecified atom stereocenters. The quantitative estimate of drug-likeness (QED) is 0.592. The Hall–Kier alpha value is 0.137. The van der Waals surface area contributed by atoms with Crippen LogP contribution in [-0.2, 0) is 9.16 Å². The van der Waals surface area contributed by atoms with Gasteiger partial charge in [0.2, 0.25) is 0 Å². The van der Waals surface area contributed by atoms with E-state index < -0.39 is 8.32 Å². The Kier molecular flexibility index (Phi) is 6.72. The molecule has 0 aromatic heterocycles. The molecule has 0 amide bonds. The van der Waals surface area contributed by atoms with Gasteiger partial charge in [-0.15, -0.1) is 0 Å². The van der Waals surface area contributed by atoms with Gasteiger partial charge in [-0.1, -0.05) is 20.8 Å². The standard InChI is InChI=1S/C12H28O2Si/c1-7-15(8-2,9-3)14-11-10-12(4,5)13-6/h7-11H2,1-6H3. The number of hydrogen-bond acceptors (Lipinski definition) is 2. The van der Waals surface area contributed by atoms with Gasteiger partial charge in [0.25, 0.3) is 0 Å². The largest absolute Gasteiger partial charge is 0.417 e. The topological polar surface area (TPSA) is 18.5 Å². The van der Waals surface area contributed by atoms with Gasteiger partial charge >= 0.3 is 0 Å². The molecule has 15 heavy (non-hydrogen) atoms. The Balaban J connectivity index is 4.02. The van der Waals surface area contributed by atoms with Crippen LogP contribution in [0.4, 0.5) is 0 Å². The summed E-state index contributed by atoms with van der Waals surface area (Å²) >= 11 is 0. The van der Waals surface area contributed by atoms with Crippen molar-refractivity contribution in [2.75, 3.05) is 13.7 Å². The van der Waals surface area contributed by atoms with E-state index in [-0.39, 0.29) is 5.60 Å². The van der Waals surface area contributed by atoms with E-state index in [0.29, 0.717) is 0 Å². The Morgan fingerprint density at radius 1 is 1.00 bits per heavy atom. The van der Waals surface area contributed by atoms with Crippen LogP contribution < -0.4 is 0 Å². The zero-order valence-corrected chi connectivity index (χ0v) is 12.4. The molecule has 0 saturated heterocycles. The molecule has 0 saturated carbocycles. The molecule has 0 aromatic rings. The molecular formula is C12H28O2Si. The van der Waals surface area contributed by atoms with E-state index >= 15 is 0 Å². The third-order valence-corrected chi connectivity index (χ3v) is 8.28. The lowest BCUT2D eigenvalue weighted by atomic mass is 10.1. The summed E-state index contributed by atoms with van der Waals surface area (Å²) in [6.45, 7) is 11.9. The lowest BCUT2D eigenvalue weighted by Gasteiger charge is -2.30. The zero-order valence-electron chi connectivity index (χ0n) is 11.4. The number of ether oxygens (including phenoxy) is 1. The first kappa shape index (κ1) is 15.1. The summed E-state index contributed by atoms with van der Waals surface area (Å²) in [5, 5.41) is 0. The Bertz CT molecular complexity index is 157. The maximum Gasteiger partial charge on any atom is 0.191 e. The summed E-state index contributed by atoms with van der Waals surface area (Å²) in [6, 6.07) is 3.69. The summed E-state index contributed by atoms with van der Waals surface area (Å²) in [5.74, 6) is 0. The molecule has 2 nitrogen and oxygen atoms in total. The number of rotatable bonds is 8. The second-order valence-corrected chi connectivity index (χ2v) is 9.58. The van der Waals surface area contributed by atoms with Gasteiger partial charge in [-0.2, -0.15) is 0 Å². The van der Waals surface area contributed by atoms with Crippen molar-refractivity contribution in [1.29, 1.82) is 0 Å². The van der Waals surface area contributed by atoms with Gasteiger partial charge in [-0.25, -0.2) is 0 Å². The van der Waals surface area contributed by atoms with Crippen molar-refractivity contribution in [2.45, 2.75) is 64.8 Å². The summed E-state index contributed by atoms with van der Waals surface area (Å²) < 4.78 is 11.6. The predicted octanol–water partition coefficient (Wildman–Crippen LogP) is 3.82. The minimum Gasteiger partial charge on any atom is -0.417 e. The van der Waals surface area contributed by atoms with E-state index in [9.17, 15) is 0 Å². The molecule has 0 atom stereocenters. The van der Waals surface area contributed by atoms with Crippen LogP contribution in [0.3, 0.4) is 0 Å². The minimum absolute atomic E-state index is 0.0463. The van der Waals surface area contributed by atoms with Crippen molar-refractivity contribution in [3.63, 3.8) is 0 Å². The van der Waals surface area contributed by atoms with Crippen LogP contribution in [0.25, 0.3) is 0 Å². The highest BCUT2D eigenvalue weighted by Gasteiger charge is 2.29. The molecule has 0 fully saturated rings. The molecule has 0 bridgehead atoms. The maximum atomic E-state index is 6.17. The highest BCUT2D eigenvalue weighted by molar-refractivity contribution is 6.73. The van der Waals surface area contributed by atoms with Gasteiger partial charge in [-0.3, -0.25) is 0 Å². The molecule has 0 aliphatic heterocycles. The van der Waals surface area contributed by atoms with Crippen molar-refractivity contribution >= 4 is 8.32 Å². The molecule has 3 heteroatoms. The van der Waals surface area contributed by atoms with Crippen LogP contribution >= 0.6 is 0 Å². The van der Waals surface area contributed by atoms with E-state index in [2.05, 4.69) is 34.6 Å². The van der Waals surface area contributed by atoms with Crippen molar-refractivity contribution < 1.29 is 9.16 Å². The van der Waals surface area contributed by atoms with Crippen LogP contribution in [0.5, 0.6) is 0 Å². The second-order valence-electron chi connectivity index (χ2n) is 4.81. The molecular weight excluding hydrogens is 204 g/mol. The first-order valence-electron chi connectivity index (χ1n) is 6.14. The number of methoxy groups -OCH3 is 1. The summed E-state index contributed by atoms with van der Waals surface area (Å²) in [7, 11) is 0.383. The highest BCUT2D eigenvalue weighted by atomic mass is 28.4. The fourth-order valence-electron chi connectivity index (χ4n) is 1.67. The van der Waals surface area contributed by atoms with E-state index in [0.717, 1.165) is 13.0 Å². The normalized spacial score (nSPS) is 13.2. The summed E-state index contributed by atoms with van der Waals surface area (Å²) in [6.07, 6.45) is 0.984. The van der Waals surface area contributed by atoms with E-state index in [4.69, 9.17) is 9.16 Å². The first-order valence-corrected chi connectivity index (χ1v) is 8.67. The van der Waals surface area contributed by atoms with Crippen LogP contribution in [0.1, 0.15) is 41.0 Å². The van der Waals surface area contributed by atoms with Crippen molar-refractivity contribution in [2.24, 2.45) is 0 Å². The summed E-state index contributed by atoms with van der Waals surface area (Å²) in [4.78, 5) is 0. The van der Waals surface area contributed by atoms with Gasteiger partial charge in [0, 0.05) is 13.7 Å². The van der Waals surface area contributed by atoms with Crippen LogP contribution in [0, 0.1) is 0 Å². The SMILES string of the molecule is CC[Si](CC)(CC)OCCC(C)(C)OC. The van der Waals surface area contributed by atoms with E-state index in [1.807, 2.05) is 0 Å². The third-order valence-electron chi connectivity index (χ3n) is 3.60. The fourth-order valence-corrected chi connectivity index (χ4v) is 4.32. The van der Waals surface area contributed by atoms with Crippen LogP contribution in [0.2, 0.25) is 18.1 Å². The average molecular weight is 232 g/mol. The monoisotopic (exact) mass is 232 g/mol. The van der Waals surface area contributed by atoms with Crippen LogP contribution in [0.15, 0.2) is 0 Å². The van der Waals surface area contributed by atoms with Crippen molar-refractivity contribution in [3.05, 3.63) is 0 Å². The fraction of sp³-hybridized carbons (Fsp3) is 1.00. The second kappa shape index (κ2) is 6.66. The predicted molar refractivity (Wildman–Crippen MR) is 68.9 cm³/mol. The van der Waals surface area contributed by atoms with Gasteiger partial charge in [-0.05, 0) is 38.4 Å². The molecule has 0 heterocycles. The molecule has 0 spiro atoms. The van der Waals surface area contributed by atoms with Crippen molar-refractivity contribution in [3.8, 4) is 0 Å². The molecule has 0 aromatic carbocycles. The Labute approximate surface area is 96.5 Å². The molecule has 0 radical (unpaired) electrons. The maximum absolute atomic E-state index is 6.17. The summed E-state index contributed by atoms with van der Waals surface area (Å²) in [5.41, 5.74) is -0.0463. The molecule has 0 N–H and O–H groups in total. The van der Waals surface area contributed by atoms with Gasteiger partial charge in [0.15, 0.2) is 8.32 Å². The third kappa shape index (κ3) is 5.14. The molecule has 92 valence electrons. The van der Waals surface area contributed by atoms with Crippen LogP contribution in [-0.4, -0.2) is 27.6 Å². The van der Waals surface area contributed by atoms with Crippen molar-refractivity contribution in [1.82, 2.24) is 0 Å². The molecule has 0 aliphatic rings. The van der Waals surface area contributed by atoms with Gasteiger partial charge < -0.3 is 9.16 Å². The average Bonchev–Trinajstić information content (AvgIpc) is 2.25. The molecule has 0 aliphatic carbocycles. The zero-order chi connectivity index (χ0) is 11.9. The lowest BCUT2D eigenvalue weighted by molar-refractivity contribution is 0.00441. The Morgan fingerprint density at radius 3 is 1.80 bits per heavy atom. The lowest BCUT2D eigenvalue weighted by Crippen LogP contribution is -2.37. The Morgan fingerprint density at radius 2 is 1.47 bits per heavy atom. The van der Waals surface area contributed by atoms with E-state index in [1.54, 1.807) is 7.11 Å². The first-order chi connectivity index (χ1) is 6.95. The minimum atomic E-state index is -1.39.